The van der Waals surface area contributed by atoms with Crippen LogP contribution in [0.25, 0.3) is 0 Å². The summed E-state index contributed by atoms with van der Waals surface area (Å²) in [5, 5.41) is 24.7. The van der Waals surface area contributed by atoms with Gasteiger partial charge in [-0.05, 0) is 12.5 Å². The standard InChI is InChI=1S/C19H27N3O11P2/c1-2-21-15(20-31-10-13-6-4-3-5-7-13)8-9-22(19(21)25)18-17(24)16(23)14(33-18)11-32-35(29,30)12-34(26,27)28/h3-9,14,16-18,23-24H,2,10-12H2,1H3,(H,29,30)(H2,26,27,28)/b20-15-/t14-,16+,17?,18-/m1/s1. The third-order valence-corrected chi connectivity index (χ3v) is 8.53. The average Bonchev–Trinajstić information content (AvgIpc) is 3.06. The van der Waals surface area contributed by atoms with E-state index in [1.165, 1.54) is 16.8 Å². The van der Waals surface area contributed by atoms with E-state index in [0.29, 0.717) is 0 Å². The van der Waals surface area contributed by atoms with Gasteiger partial charge in [-0.2, -0.15) is 0 Å². The van der Waals surface area contributed by atoms with Gasteiger partial charge in [-0.25, -0.2) is 4.79 Å². The molecule has 0 spiro atoms. The number of aliphatic hydroxyl groups is 2. The molecule has 2 heterocycles. The molecule has 194 valence electrons. The fourth-order valence-electron chi connectivity index (χ4n) is 3.42. The van der Waals surface area contributed by atoms with Crippen LogP contribution in [0.1, 0.15) is 18.7 Å². The summed E-state index contributed by atoms with van der Waals surface area (Å²) in [6, 6.07) is 10.7. The van der Waals surface area contributed by atoms with Gasteiger partial charge >= 0.3 is 20.9 Å². The van der Waals surface area contributed by atoms with Crippen LogP contribution in [0.2, 0.25) is 0 Å². The Morgan fingerprint density at radius 3 is 2.40 bits per heavy atom. The molecule has 16 heteroatoms. The molecule has 2 aromatic rings. The maximum absolute atomic E-state index is 13.0. The number of aromatic nitrogens is 2. The molecule has 1 aliphatic heterocycles. The van der Waals surface area contributed by atoms with Gasteiger partial charge in [0.2, 0.25) is 0 Å². The molecule has 0 saturated carbocycles. The Morgan fingerprint density at radius 2 is 1.77 bits per heavy atom. The summed E-state index contributed by atoms with van der Waals surface area (Å²) in [6.45, 7) is 1.31. The summed E-state index contributed by atoms with van der Waals surface area (Å²) in [5.74, 6) is -1.41. The summed E-state index contributed by atoms with van der Waals surface area (Å²) in [7, 11) is -9.54. The van der Waals surface area contributed by atoms with Gasteiger partial charge in [0.25, 0.3) is 0 Å². The van der Waals surface area contributed by atoms with E-state index in [2.05, 4.69) is 9.68 Å². The zero-order valence-electron chi connectivity index (χ0n) is 18.6. The first kappa shape index (κ1) is 27.5. The van der Waals surface area contributed by atoms with Crippen molar-refractivity contribution in [2.75, 3.05) is 12.5 Å². The minimum atomic E-state index is -4.84. The van der Waals surface area contributed by atoms with Crippen LogP contribution in [0.5, 0.6) is 0 Å². The molecule has 1 aromatic carbocycles. The zero-order valence-corrected chi connectivity index (χ0v) is 20.4. The second-order valence-electron chi connectivity index (χ2n) is 7.74. The smallest absolute Gasteiger partial charge is 0.340 e. The lowest BCUT2D eigenvalue weighted by Gasteiger charge is -2.19. The van der Waals surface area contributed by atoms with Gasteiger partial charge in [0, 0.05) is 18.8 Å². The molecule has 1 aromatic heterocycles. The average molecular weight is 535 g/mol. The SMILES string of the molecule is CCn1c(=O)n([C@@H]2O[C@H](COP(=O)(O)CP(=O)(O)O)[C@H](O)C2O)cc/c1=N/OCc1ccccc1. The fourth-order valence-corrected chi connectivity index (χ4v) is 5.99. The van der Waals surface area contributed by atoms with Crippen molar-refractivity contribution in [2.24, 2.45) is 5.16 Å². The van der Waals surface area contributed by atoms with Crippen LogP contribution in [-0.2, 0) is 36.4 Å². The molecule has 5 atom stereocenters. The molecular weight excluding hydrogens is 508 g/mol. The lowest BCUT2D eigenvalue weighted by Crippen LogP contribution is -2.43. The first-order chi connectivity index (χ1) is 16.4. The van der Waals surface area contributed by atoms with E-state index < -0.39 is 57.9 Å². The van der Waals surface area contributed by atoms with Gasteiger partial charge in [0.1, 0.15) is 24.9 Å². The largest absolute Gasteiger partial charge is 0.389 e. The Hall–Kier alpha value is -2.12. The van der Waals surface area contributed by atoms with Gasteiger partial charge in [0.15, 0.2) is 17.6 Å². The summed E-state index contributed by atoms with van der Waals surface area (Å²) < 4.78 is 35.2. The third kappa shape index (κ3) is 7.20. The Balaban J connectivity index is 1.75. The van der Waals surface area contributed by atoms with Crippen LogP contribution >= 0.6 is 15.2 Å². The molecule has 1 fully saturated rings. The van der Waals surface area contributed by atoms with Crippen LogP contribution in [0, 0.1) is 0 Å². The molecule has 0 radical (unpaired) electrons. The van der Waals surface area contributed by atoms with Crippen LogP contribution in [0.3, 0.4) is 0 Å². The maximum Gasteiger partial charge on any atom is 0.340 e. The van der Waals surface area contributed by atoms with Gasteiger partial charge in [-0.3, -0.25) is 18.3 Å². The number of nitrogens with zero attached hydrogens (tertiary/aromatic N) is 3. The molecule has 0 bridgehead atoms. The van der Waals surface area contributed by atoms with E-state index in [0.717, 1.165) is 10.1 Å². The van der Waals surface area contributed by atoms with E-state index in [1.54, 1.807) is 6.92 Å². The molecule has 1 saturated heterocycles. The monoisotopic (exact) mass is 535 g/mol. The third-order valence-electron chi connectivity index (χ3n) is 5.08. The van der Waals surface area contributed by atoms with E-state index in [9.17, 15) is 29.0 Å². The van der Waals surface area contributed by atoms with Gasteiger partial charge in [0.05, 0.1) is 6.61 Å². The number of ether oxygens (including phenoxy) is 1. The van der Waals surface area contributed by atoms with Crippen molar-refractivity contribution in [3.05, 3.63) is 64.1 Å². The van der Waals surface area contributed by atoms with Crippen LogP contribution < -0.4 is 11.2 Å². The molecular formula is C19H27N3O11P2. The molecule has 3 rings (SSSR count). The maximum atomic E-state index is 13.0. The second kappa shape index (κ2) is 11.3. The Bertz CT molecular complexity index is 1230. The van der Waals surface area contributed by atoms with Crippen molar-refractivity contribution >= 4 is 15.2 Å². The van der Waals surface area contributed by atoms with Crippen molar-refractivity contribution in [1.82, 2.24) is 9.13 Å². The molecule has 0 amide bonds. The Labute approximate surface area is 199 Å². The van der Waals surface area contributed by atoms with Gasteiger partial charge < -0.3 is 39.0 Å². The highest BCUT2D eigenvalue weighted by atomic mass is 31.2. The van der Waals surface area contributed by atoms with Crippen LogP contribution in [-0.4, -0.2) is 64.8 Å². The minimum Gasteiger partial charge on any atom is -0.389 e. The van der Waals surface area contributed by atoms with Crippen molar-refractivity contribution in [3.63, 3.8) is 0 Å². The highest BCUT2D eigenvalue weighted by Crippen LogP contribution is 2.55. The van der Waals surface area contributed by atoms with E-state index in [4.69, 9.17) is 19.4 Å². The van der Waals surface area contributed by atoms with Gasteiger partial charge in [-0.1, -0.05) is 35.5 Å². The topological polar surface area (TPSA) is 202 Å². The molecule has 14 nitrogen and oxygen atoms in total. The first-order valence-corrected chi connectivity index (χ1v) is 14.0. The van der Waals surface area contributed by atoms with Crippen molar-refractivity contribution in [2.45, 2.75) is 44.6 Å². The van der Waals surface area contributed by atoms with Crippen molar-refractivity contribution in [3.8, 4) is 0 Å². The summed E-state index contributed by atoms with van der Waals surface area (Å²) in [4.78, 5) is 45.7. The predicted octanol–water partition coefficient (Wildman–Crippen LogP) is -0.341. The van der Waals surface area contributed by atoms with Gasteiger partial charge in [-0.15, -0.1) is 0 Å². The lowest BCUT2D eigenvalue weighted by molar-refractivity contribution is -0.0531. The molecule has 1 aliphatic rings. The number of hydrogen-bond acceptors (Lipinski definition) is 9. The highest BCUT2D eigenvalue weighted by molar-refractivity contribution is 7.70. The van der Waals surface area contributed by atoms with Crippen molar-refractivity contribution < 1.29 is 48.1 Å². The fraction of sp³-hybridized carbons (Fsp3) is 0.474. The molecule has 2 unspecified atom stereocenters. The Kier molecular flexibility index (Phi) is 8.86. The quantitative estimate of drug-likeness (QED) is 0.197. The number of aliphatic hydroxyl groups excluding tert-OH is 2. The summed E-state index contributed by atoms with van der Waals surface area (Å²) >= 11 is 0. The first-order valence-electron chi connectivity index (χ1n) is 10.5. The van der Waals surface area contributed by atoms with E-state index >= 15 is 0 Å². The molecule has 5 N–H and O–H groups in total. The summed E-state index contributed by atoms with van der Waals surface area (Å²) in [5.41, 5.74) is 0.450. The molecule has 0 aliphatic carbocycles. The number of benzene rings is 1. The van der Waals surface area contributed by atoms with E-state index in [1.807, 2.05) is 30.3 Å². The molecule has 35 heavy (non-hydrogen) atoms. The summed E-state index contributed by atoms with van der Waals surface area (Å²) in [6.07, 6.45) is -4.66. The number of rotatable bonds is 10. The second-order valence-corrected chi connectivity index (χ2v) is 11.7. The number of hydrogen-bond donors (Lipinski definition) is 5. The van der Waals surface area contributed by atoms with Crippen LogP contribution in [0.4, 0.5) is 0 Å². The predicted molar refractivity (Wildman–Crippen MR) is 120 cm³/mol. The zero-order chi connectivity index (χ0) is 25.8. The Morgan fingerprint density at radius 1 is 1.09 bits per heavy atom. The van der Waals surface area contributed by atoms with Crippen molar-refractivity contribution in [1.29, 1.82) is 0 Å². The minimum absolute atomic E-state index is 0.183. The highest BCUT2D eigenvalue weighted by Gasteiger charge is 2.45. The van der Waals surface area contributed by atoms with Crippen LogP contribution in [0.15, 0.2) is 52.5 Å². The normalized spacial score (nSPS) is 24.9. The lowest BCUT2D eigenvalue weighted by atomic mass is 10.1. The van der Waals surface area contributed by atoms with E-state index in [-0.39, 0.29) is 18.6 Å².